The van der Waals surface area contributed by atoms with E-state index in [0.29, 0.717) is 0 Å². The molecule has 0 spiro atoms. The van der Waals surface area contributed by atoms with Gasteiger partial charge in [-0.2, -0.15) is 5.10 Å². The van der Waals surface area contributed by atoms with Crippen molar-refractivity contribution in [3.63, 3.8) is 0 Å². The first kappa shape index (κ1) is 16.2. The van der Waals surface area contributed by atoms with Crippen molar-refractivity contribution in [2.24, 2.45) is 0 Å². The fraction of sp³-hybridized carbons (Fsp3) is 0.133. The SMILES string of the molecule is CCOC(=O)c1nn(-c2ccccc2[N+](=O)[O-])c2[nH]c(=O)cc(O)c12. The fourth-order valence-electron chi connectivity index (χ4n) is 2.44. The van der Waals surface area contributed by atoms with Crippen molar-refractivity contribution >= 4 is 22.7 Å². The highest BCUT2D eigenvalue weighted by Crippen LogP contribution is 2.30. The van der Waals surface area contributed by atoms with Gasteiger partial charge in [0.15, 0.2) is 5.69 Å². The van der Waals surface area contributed by atoms with Gasteiger partial charge in [0.05, 0.1) is 16.9 Å². The number of nitrogens with one attached hydrogen (secondary N) is 1. The number of rotatable bonds is 4. The van der Waals surface area contributed by atoms with Gasteiger partial charge in [-0.15, -0.1) is 0 Å². The maximum Gasteiger partial charge on any atom is 0.359 e. The van der Waals surface area contributed by atoms with E-state index in [4.69, 9.17) is 4.74 Å². The highest BCUT2D eigenvalue weighted by atomic mass is 16.6. The normalized spacial score (nSPS) is 10.8. The molecule has 0 radical (unpaired) electrons. The first-order chi connectivity index (χ1) is 11.9. The van der Waals surface area contributed by atoms with Gasteiger partial charge >= 0.3 is 5.97 Å². The van der Waals surface area contributed by atoms with Crippen LogP contribution in [0.4, 0.5) is 5.69 Å². The number of H-pyrrole nitrogens is 1. The number of hydrogen-bond acceptors (Lipinski definition) is 7. The van der Waals surface area contributed by atoms with Gasteiger partial charge in [-0.25, -0.2) is 9.48 Å². The molecule has 2 heterocycles. The molecule has 2 aromatic heterocycles. The number of nitro benzene ring substituents is 1. The van der Waals surface area contributed by atoms with Crippen molar-refractivity contribution in [2.75, 3.05) is 6.61 Å². The molecule has 25 heavy (non-hydrogen) atoms. The molecule has 0 aliphatic carbocycles. The van der Waals surface area contributed by atoms with Gasteiger partial charge in [-0.05, 0) is 13.0 Å². The molecule has 0 saturated heterocycles. The molecular weight excluding hydrogens is 332 g/mol. The second-order valence-corrected chi connectivity index (χ2v) is 4.97. The van der Waals surface area contributed by atoms with Crippen molar-refractivity contribution in [3.05, 3.63) is 56.5 Å². The van der Waals surface area contributed by atoms with Crippen molar-refractivity contribution in [1.82, 2.24) is 14.8 Å². The zero-order chi connectivity index (χ0) is 18.1. The van der Waals surface area contributed by atoms with Crippen LogP contribution in [0.1, 0.15) is 17.4 Å². The molecule has 128 valence electrons. The minimum atomic E-state index is -0.827. The third-order valence-corrected chi connectivity index (χ3v) is 3.43. The third-order valence-electron chi connectivity index (χ3n) is 3.43. The number of aromatic nitrogens is 3. The standard InChI is InChI=1S/C15H12N4O6/c1-2-25-15(22)13-12-10(20)7-11(21)16-14(12)18(17-13)8-5-3-4-6-9(8)19(23)24/h3-7H,2H2,1H3,(H2,16,20,21). The van der Waals surface area contributed by atoms with E-state index in [1.165, 1.54) is 18.2 Å². The Hall–Kier alpha value is -3.69. The highest BCUT2D eigenvalue weighted by molar-refractivity contribution is 6.04. The molecule has 0 unspecified atom stereocenters. The van der Waals surface area contributed by atoms with E-state index in [9.17, 15) is 24.8 Å². The summed E-state index contributed by atoms with van der Waals surface area (Å²) in [5.74, 6) is -1.31. The van der Waals surface area contributed by atoms with E-state index in [0.717, 1.165) is 10.7 Å². The topological polar surface area (TPSA) is 140 Å². The Morgan fingerprint density at radius 3 is 2.84 bits per heavy atom. The van der Waals surface area contributed by atoms with Gasteiger partial charge in [0.25, 0.3) is 11.2 Å². The molecule has 10 heteroatoms. The van der Waals surface area contributed by atoms with Crippen LogP contribution in [0.5, 0.6) is 5.75 Å². The lowest BCUT2D eigenvalue weighted by Gasteiger charge is -2.04. The van der Waals surface area contributed by atoms with E-state index in [1.807, 2.05) is 0 Å². The van der Waals surface area contributed by atoms with Crippen molar-refractivity contribution in [1.29, 1.82) is 0 Å². The number of fused-ring (bicyclic) bond motifs is 1. The lowest BCUT2D eigenvalue weighted by molar-refractivity contribution is -0.384. The average Bonchev–Trinajstić information content (AvgIpc) is 2.94. The fourth-order valence-corrected chi connectivity index (χ4v) is 2.44. The van der Waals surface area contributed by atoms with Gasteiger partial charge in [0.2, 0.25) is 0 Å². The average molecular weight is 344 g/mol. The summed E-state index contributed by atoms with van der Waals surface area (Å²) in [6.45, 7) is 1.67. The minimum Gasteiger partial charge on any atom is -0.507 e. The number of aromatic hydroxyl groups is 1. The smallest absolute Gasteiger partial charge is 0.359 e. The van der Waals surface area contributed by atoms with E-state index < -0.39 is 22.2 Å². The van der Waals surface area contributed by atoms with Crippen LogP contribution in [0.2, 0.25) is 0 Å². The number of nitro groups is 1. The number of ether oxygens (including phenoxy) is 1. The molecule has 3 aromatic rings. The van der Waals surface area contributed by atoms with Gasteiger partial charge < -0.3 is 14.8 Å². The number of carbonyl (C=O) groups is 1. The molecule has 3 rings (SSSR count). The maximum atomic E-state index is 12.1. The first-order valence-electron chi connectivity index (χ1n) is 7.20. The highest BCUT2D eigenvalue weighted by Gasteiger charge is 2.26. The van der Waals surface area contributed by atoms with Gasteiger partial charge in [-0.3, -0.25) is 14.9 Å². The molecule has 1 aromatic carbocycles. The Bertz CT molecular complexity index is 1050. The number of benzene rings is 1. The summed E-state index contributed by atoms with van der Waals surface area (Å²) in [5, 5.41) is 25.3. The molecule has 0 amide bonds. The van der Waals surface area contributed by atoms with Gasteiger partial charge in [0, 0.05) is 12.1 Å². The summed E-state index contributed by atoms with van der Waals surface area (Å²) in [5.41, 5.74) is -1.23. The maximum absolute atomic E-state index is 12.1. The Kier molecular flexibility index (Phi) is 3.93. The van der Waals surface area contributed by atoms with E-state index in [1.54, 1.807) is 13.0 Å². The lowest BCUT2D eigenvalue weighted by Crippen LogP contribution is -2.08. The largest absolute Gasteiger partial charge is 0.507 e. The van der Waals surface area contributed by atoms with Crippen LogP contribution in [-0.4, -0.2) is 37.4 Å². The first-order valence-corrected chi connectivity index (χ1v) is 7.20. The number of aromatic amines is 1. The number of pyridine rings is 1. The van der Waals surface area contributed by atoms with Gasteiger partial charge in [-0.1, -0.05) is 12.1 Å². The molecule has 2 N–H and O–H groups in total. The zero-order valence-electron chi connectivity index (χ0n) is 12.9. The van der Waals surface area contributed by atoms with Crippen LogP contribution in [0.3, 0.4) is 0 Å². The third kappa shape index (κ3) is 2.69. The summed E-state index contributed by atoms with van der Waals surface area (Å²) in [4.78, 5) is 36.9. The van der Waals surface area contributed by atoms with Gasteiger partial charge in [0.1, 0.15) is 17.1 Å². The number of nitrogens with zero attached hydrogens (tertiary/aromatic N) is 3. The molecule has 0 bridgehead atoms. The Balaban J connectivity index is 2.39. The Morgan fingerprint density at radius 1 is 1.44 bits per heavy atom. The molecule has 0 aliphatic rings. The van der Waals surface area contributed by atoms with Crippen molar-refractivity contribution < 1.29 is 19.6 Å². The van der Waals surface area contributed by atoms with Crippen LogP contribution in [0.25, 0.3) is 16.7 Å². The molecule has 0 saturated carbocycles. The predicted octanol–water partition coefficient (Wildman–Crippen LogP) is 1.50. The van der Waals surface area contributed by atoms with Crippen LogP contribution in [0, 0.1) is 10.1 Å². The molecule has 0 fully saturated rings. The number of para-hydroxylation sites is 2. The van der Waals surface area contributed by atoms with Crippen molar-refractivity contribution in [3.8, 4) is 11.4 Å². The Morgan fingerprint density at radius 2 is 2.16 bits per heavy atom. The number of esters is 1. The van der Waals surface area contributed by atoms with Crippen molar-refractivity contribution in [2.45, 2.75) is 6.92 Å². The zero-order valence-corrected chi connectivity index (χ0v) is 12.9. The van der Waals surface area contributed by atoms with E-state index >= 15 is 0 Å². The minimum absolute atomic E-state index is 0.0225. The Labute approximate surface area is 139 Å². The number of carbonyl (C=O) groups excluding carboxylic acids is 1. The van der Waals surface area contributed by atoms with E-state index in [2.05, 4.69) is 10.1 Å². The van der Waals surface area contributed by atoms with Crippen LogP contribution >= 0.6 is 0 Å². The quantitative estimate of drug-likeness (QED) is 0.415. The molecular formula is C15H12N4O6. The molecule has 10 nitrogen and oxygen atoms in total. The molecule has 0 aliphatic heterocycles. The second kappa shape index (κ2) is 6.07. The van der Waals surface area contributed by atoms with Crippen LogP contribution in [0.15, 0.2) is 35.1 Å². The summed E-state index contributed by atoms with van der Waals surface area (Å²) in [7, 11) is 0. The van der Waals surface area contributed by atoms with Crippen LogP contribution < -0.4 is 5.56 Å². The van der Waals surface area contributed by atoms with E-state index in [-0.39, 0.29) is 34.7 Å². The summed E-state index contributed by atoms with van der Waals surface area (Å²) >= 11 is 0. The predicted molar refractivity (Wildman–Crippen MR) is 86.0 cm³/mol. The number of hydrogen-bond donors (Lipinski definition) is 2. The second-order valence-electron chi connectivity index (χ2n) is 4.97. The monoisotopic (exact) mass is 344 g/mol. The summed E-state index contributed by atoms with van der Waals surface area (Å²) < 4.78 is 5.93. The summed E-state index contributed by atoms with van der Waals surface area (Å²) in [6, 6.07) is 6.56. The summed E-state index contributed by atoms with van der Waals surface area (Å²) in [6.07, 6.45) is 0. The van der Waals surface area contributed by atoms with Crippen LogP contribution in [-0.2, 0) is 4.74 Å². The molecule has 0 atom stereocenters. The lowest BCUT2D eigenvalue weighted by atomic mass is 10.2.